The molecule has 0 radical (unpaired) electrons. The molecule has 13 heteroatoms. The summed E-state index contributed by atoms with van der Waals surface area (Å²) in [6, 6.07) is -1.55. The average Bonchev–Trinajstić information content (AvgIpc) is 3.23. The zero-order valence-corrected chi connectivity index (χ0v) is 37.7. The largest absolute Gasteiger partial charge is 0.480 e. The number of phosphoric ester groups is 1. The van der Waals surface area contributed by atoms with Gasteiger partial charge in [0, 0.05) is 12.8 Å². The quantitative estimate of drug-likeness (QED) is 0.0150. The number of phosphoric acid groups is 1. The standard InChI is InChI=1S/C48H76NO11P/c1-3-5-7-8-9-10-11-12-13-14-15-16-17-18-21-24-27-30-34-38-46(51)57-40-44(41-58-61(55,56)59-42-45(49)48(53)54)60-47(52)39-35-31-28-25-22-19-20-23-26-29-33-37-43(50)36-32-6-4-2/h5,7,9-10,12-13,15-16,18-21,25-26,28-29,33,37,43-45,50H,3-4,6,8,11,14,17,22-24,27,30-32,34-36,38-42,49H2,1-2H3,(H,53,54)(H,55,56)/b7-5-,10-9-,13-12-,16-15-,20-19-,21-18-,28-25-,29-26-,37-33+/t43-,44+,45-/m0/s1. The number of allylic oxidation sites excluding steroid dienone is 17. The van der Waals surface area contributed by atoms with Gasteiger partial charge in [0.2, 0.25) is 0 Å². The van der Waals surface area contributed by atoms with Gasteiger partial charge in [-0.1, -0.05) is 149 Å². The number of carbonyl (C=O) groups excluding carboxylic acids is 2. The highest BCUT2D eigenvalue weighted by atomic mass is 31.2. The fourth-order valence-electron chi connectivity index (χ4n) is 5.13. The van der Waals surface area contributed by atoms with Gasteiger partial charge in [0.1, 0.15) is 12.6 Å². The number of aliphatic carboxylic acids is 1. The van der Waals surface area contributed by atoms with Crippen LogP contribution in [0.1, 0.15) is 136 Å². The lowest BCUT2D eigenvalue weighted by atomic mass is 10.1. The summed E-state index contributed by atoms with van der Waals surface area (Å²) in [5.74, 6) is -2.54. The second kappa shape index (κ2) is 41.5. The van der Waals surface area contributed by atoms with Crippen LogP contribution >= 0.6 is 7.82 Å². The van der Waals surface area contributed by atoms with Crippen LogP contribution in [0.4, 0.5) is 0 Å². The molecule has 1 unspecified atom stereocenters. The number of hydrogen-bond donors (Lipinski definition) is 4. The SMILES string of the molecule is CC/C=C\C/C=C\C/C=C\C/C=C\C/C=C\CCCCCC(=O)OC[C@H](COP(=O)(O)OC[C@H](N)C(=O)O)OC(=O)CCC/C=C\C/C=C\C/C=C\C=C\[C@@H](O)CCCCC. The van der Waals surface area contributed by atoms with Gasteiger partial charge >= 0.3 is 25.7 Å². The Hall–Kier alpha value is -3.90. The van der Waals surface area contributed by atoms with Crippen LogP contribution in [0.25, 0.3) is 0 Å². The van der Waals surface area contributed by atoms with E-state index in [-0.39, 0.29) is 12.8 Å². The summed E-state index contributed by atoms with van der Waals surface area (Å²) in [4.78, 5) is 46.0. The molecular weight excluding hydrogens is 797 g/mol. The first-order valence-corrected chi connectivity index (χ1v) is 23.5. The molecule has 61 heavy (non-hydrogen) atoms. The van der Waals surface area contributed by atoms with Crippen molar-refractivity contribution in [3.63, 3.8) is 0 Å². The monoisotopic (exact) mass is 874 g/mol. The van der Waals surface area contributed by atoms with E-state index in [1.807, 2.05) is 48.6 Å². The molecule has 4 atom stereocenters. The van der Waals surface area contributed by atoms with Crippen molar-refractivity contribution in [2.45, 2.75) is 154 Å². The third-order valence-corrected chi connectivity index (χ3v) is 9.56. The van der Waals surface area contributed by atoms with Crippen molar-refractivity contribution in [1.82, 2.24) is 0 Å². The summed E-state index contributed by atoms with van der Waals surface area (Å²) in [6.45, 7) is 2.44. The molecule has 0 bridgehead atoms. The van der Waals surface area contributed by atoms with E-state index in [0.29, 0.717) is 19.3 Å². The predicted octanol–water partition coefficient (Wildman–Crippen LogP) is 10.8. The fourth-order valence-corrected chi connectivity index (χ4v) is 5.91. The third kappa shape index (κ3) is 41.2. The number of carboxylic acid groups (broad SMARTS) is 1. The molecule has 0 saturated carbocycles. The van der Waals surface area contributed by atoms with Crippen molar-refractivity contribution in [3.8, 4) is 0 Å². The van der Waals surface area contributed by atoms with Crippen LogP contribution in [0.15, 0.2) is 109 Å². The van der Waals surface area contributed by atoms with Crippen LogP contribution in [0.5, 0.6) is 0 Å². The minimum absolute atomic E-state index is 0.0505. The molecule has 0 fully saturated rings. The van der Waals surface area contributed by atoms with Gasteiger partial charge in [0.05, 0.1) is 19.3 Å². The van der Waals surface area contributed by atoms with Crippen LogP contribution in [0.3, 0.4) is 0 Å². The van der Waals surface area contributed by atoms with Crippen LogP contribution in [-0.4, -0.2) is 71.1 Å². The van der Waals surface area contributed by atoms with Crippen molar-refractivity contribution in [2.75, 3.05) is 19.8 Å². The zero-order chi connectivity index (χ0) is 45.1. The third-order valence-electron chi connectivity index (χ3n) is 8.61. The van der Waals surface area contributed by atoms with Crippen molar-refractivity contribution in [1.29, 1.82) is 0 Å². The number of unbranched alkanes of at least 4 members (excludes halogenated alkanes) is 6. The molecule has 5 N–H and O–H groups in total. The molecule has 0 saturated heterocycles. The summed E-state index contributed by atoms with van der Waals surface area (Å²) >= 11 is 0. The fraction of sp³-hybridized carbons (Fsp3) is 0.562. The Morgan fingerprint density at radius 2 is 1.13 bits per heavy atom. The topological polar surface area (TPSA) is 192 Å². The molecule has 0 spiro atoms. The molecule has 0 heterocycles. The molecule has 0 aliphatic carbocycles. The number of hydrogen-bond acceptors (Lipinski definition) is 10. The smallest absolute Gasteiger partial charge is 0.472 e. The molecule has 0 rings (SSSR count). The summed E-state index contributed by atoms with van der Waals surface area (Å²) in [5.41, 5.74) is 5.32. The van der Waals surface area contributed by atoms with E-state index in [1.165, 1.54) is 0 Å². The highest BCUT2D eigenvalue weighted by Crippen LogP contribution is 2.43. The molecule has 0 aliphatic heterocycles. The molecule has 0 aromatic carbocycles. The van der Waals surface area contributed by atoms with Gasteiger partial charge in [-0.15, -0.1) is 0 Å². The van der Waals surface area contributed by atoms with Gasteiger partial charge in [-0.3, -0.25) is 23.4 Å². The second-order valence-corrected chi connectivity index (χ2v) is 15.7. The van der Waals surface area contributed by atoms with Gasteiger partial charge in [-0.05, 0) is 83.5 Å². The number of aliphatic hydroxyl groups is 1. The van der Waals surface area contributed by atoms with Crippen LogP contribution < -0.4 is 5.73 Å². The molecule has 0 amide bonds. The van der Waals surface area contributed by atoms with E-state index in [2.05, 4.69) is 79.1 Å². The maximum absolute atomic E-state index is 12.6. The number of esters is 2. The minimum atomic E-state index is -4.76. The number of ether oxygens (including phenoxy) is 2. The molecule has 12 nitrogen and oxygen atoms in total. The Bertz CT molecular complexity index is 1460. The maximum atomic E-state index is 12.6. The molecule has 344 valence electrons. The Morgan fingerprint density at radius 3 is 1.70 bits per heavy atom. The Kier molecular flexibility index (Phi) is 38.8. The van der Waals surface area contributed by atoms with Gasteiger partial charge in [0.25, 0.3) is 0 Å². The highest BCUT2D eigenvalue weighted by molar-refractivity contribution is 7.47. The summed E-state index contributed by atoms with van der Waals surface area (Å²) in [7, 11) is -4.76. The first kappa shape index (κ1) is 57.1. The van der Waals surface area contributed by atoms with Crippen molar-refractivity contribution >= 4 is 25.7 Å². The van der Waals surface area contributed by atoms with E-state index in [0.717, 1.165) is 89.9 Å². The van der Waals surface area contributed by atoms with Crippen molar-refractivity contribution in [2.24, 2.45) is 5.73 Å². The first-order valence-electron chi connectivity index (χ1n) is 22.0. The van der Waals surface area contributed by atoms with Gasteiger partial charge in [-0.2, -0.15) is 0 Å². The Morgan fingerprint density at radius 1 is 0.607 bits per heavy atom. The summed E-state index contributed by atoms with van der Waals surface area (Å²) in [6.07, 6.45) is 50.6. The average molecular weight is 874 g/mol. The number of carbonyl (C=O) groups is 3. The highest BCUT2D eigenvalue weighted by Gasteiger charge is 2.28. The van der Waals surface area contributed by atoms with E-state index >= 15 is 0 Å². The molecule has 0 aromatic heterocycles. The lowest BCUT2D eigenvalue weighted by Crippen LogP contribution is -2.34. The summed E-state index contributed by atoms with van der Waals surface area (Å²) < 4.78 is 32.6. The number of nitrogens with two attached hydrogens (primary N) is 1. The Labute approximate surface area is 366 Å². The van der Waals surface area contributed by atoms with Gasteiger partial charge < -0.3 is 30.3 Å². The van der Waals surface area contributed by atoms with Crippen molar-refractivity contribution in [3.05, 3.63) is 109 Å². The number of aliphatic hydroxyl groups excluding tert-OH is 1. The van der Waals surface area contributed by atoms with Gasteiger partial charge in [-0.25, -0.2) is 4.57 Å². The van der Waals surface area contributed by atoms with E-state index in [9.17, 15) is 28.9 Å². The van der Waals surface area contributed by atoms with E-state index in [4.69, 9.17) is 24.8 Å². The number of carboxylic acids is 1. The summed E-state index contributed by atoms with van der Waals surface area (Å²) in [5, 5.41) is 18.8. The minimum Gasteiger partial charge on any atom is -0.480 e. The van der Waals surface area contributed by atoms with E-state index in [1.54, 1.807) is 0 Å². The molecular formula is C48H76NO11P. The van der Waals surface area contributed by atoms with Crippen molar-refractivity contribution < 1.29 is 52.6 Å². The zero-order valence-electron chi connectivity index (χ0n) is 36.8. The lowest BCUT2D eigenvalue weighted by Gasteiger charge is -2.20. The first-order chi connectivity index (χ1) is 29.5. The van der Waals surface area contributed by atoms with E-state index < -0.39 is 63.8 Å². The normalized spacial score (nSPS) is 15.2. The van der Waals surface area contributed by atoms with Crippen LogP contribution in [0, 0.1) is 0 Å². The van der Waals surface area contributed by atoms with Crippen LogP contribution in [-0.2, 0) is 37.5 Å². The lowest BCUT2D eigenvalue weighted by molar-refractivity contribution is -0.161. The van der Waals surface area contributed by atoms with Crippen LogP contribution in [0.2, 0.25) is 0 Å². The molecule has 0 aromatic rings. The Balaban J connectivity index is 4.58. The number of rotatable bonds is 39. The maximum Gasteiger partial charge on any atom is 0.472 e. The molecule has 0 aliphatic rings. The second-order valence-electron chi connectivity index (χ2n) is 14.3. The van der Waals surface area contributed by atoms with Gasteiger partial charge in [0.15, 0.2) is 6.10 Å². The predicted molar refractivity (Wildman–Crippen MR) is 246 cm³/mol.